The summed E-state index contributed by atoms with van der Waals surface area (Å²) in [6.07, 6.45) is 7.37. The van der Waals surface area contributed by atoms with E-state index in [0.29, 0.717) is 0 Å². The second kappa shape index (κ2) is 5.63. The van der Waals surface area contributed by atoms with Crippen molar-refractivity contribution in [3.8, 4) is 0 Å². The second-order valence-electron chi connectivity index (χ2n) is 6.20. The van der Waals surface area contributed by atoms with Crippen LogP contribution in [-0.4, -0.2) is 40.4 Å². The zero-order chi connectivity index (χ0) is 13.2. The number of nitrogens with one attached hydrogen (secondary N) is 1. The first-order valence-corrected chi connectivity index (χ1v) is 7.71. The van der Waals surface area contributed by atoms with Gasteiger partial charge in [-0.25, -0.2) is 0 Å². The van der Waals surface area contributed by atoms with Crippen molar-refractivity contribution in [2.45, 2.75) is 45.2 Å². The minimum Gasteiger partial charge on any atom is -0.314 e. The zero-order valence-electron chi connectivity index (χ0n) is 12.2. The molecule has 0 bridgehead atoms. The van der Waals surface area contributed by atoms with Crippen molar-refractivity contribution in [1.82, 2.24) is 20.0 Å². The molecule has 1 N–H and O–H groups in total. The van der Waals surface area contributed by atoms with Crippen molar-refractivity contribution in [2.24, 2.45) is 13.0 Å². The van der Waals surface area contributed by atoms with E-state index in [0.717, 1.165) is 24.9 Å². The topological polar surface area (TPSA) is 33.1 Å². The Morgan fingerprint density at radius 3 is 2.95 bits per heavy atom. The number of aryl methyl sites for hydroxylation is 2. The third kappa shape index (κ3) is 3.37. The van der Waals surface area contributed by atoms with Gasteiger partial charge in [-0.1, -0.05) is 6.92 Å². The van der Waals surface area contributed by atoms with E-state index in [1.807, 2.05) is 11.7 Å². The molecule has 2 heterocycles. The standard InChI is InChI=1S/C15H26N4/c1-3-15-13(10-18(2)17-15)11-19-7-6-12(9-19)8-16-14-4-5-14/h10,12,14,16H,3-9,11H2,1-2H3. The van der Waals surface area contributed by atoms with E-state index >= 15 is 0 Å². The normalized spacial score (nSPS) is 24.2. The summed E-state index contributed by atoms with van der Waals surface area (Å²) in [4.78, 5) is 2.59. The first kappa shape index (κ1) is 13.1. The smallest absolute Gasteiger partial charge is 0.0666 e. The number of hydrogen-bond acceptors (Lipinski definition) is 3. The van der Waals surface area contributed by atoms with Gasteiger partial charge in [0.1, 0.15) is 0 Å². The van der Waals surface area contributed by atoms with Gasteiger partial charge in [0.25, 0.3) is 0 Å². The molecule has 1 aliphatic heterocycles. The summed E-state index contributed by atoms with van der Waals surface area (Å²) in [5.41, 5.74) is 2.68. The van der Waals surface area contributed by atoms with E-state index < -0.39 is 0 Å². The Morgan fingerprint density at radius 1 is 1.37 bits per heavy atom. The second-order valence-corrected chi connectivity index (χ2v) is 6.20. The van der Waals surface area contributed by atoms with Crippen LogP contribution in [0.25, 0.3) is 0 Å². The Hall–Kier alpha value is -0.870. The molecule has 2 aliphatic rings. The molecular formula is C15H26N4. The highest BCUT2D eigenvalue weighted by Gasteiger charge is 2.26. The monoisotopic (exact) mass is 262 g/mol. The van der Waals surface area contributed by atoms with Gasteiger partial charge in [0.05, 0.1) is 5.69 Å². The van der Waals surface area contributed by atoms with Crippen LogP contribution in [0.1, 0.15) is 37.4 Å². The maximum absolute atomic E-state index is 4.54. The van der Waals surface area contributed by atoms with E-state index in [1.54, 1.807) is 0 Å². The maximum Gasteiger partial charge on any atom is 0.0666 e. The fourth-order valence-corrected chi connectivity index (χ4v) is 3.10. The van der Waals surface area contributed by atoms with Gasteiger partial charge in [-0.15, -0.1) is 0 Å². The van der Waals surface area contributed by atoms with Gasteiger partial charge in [-0.2, -0.15) is 5.10 Å². The summed E-state index contributed by atoms with van der Waals surface area (Å²) in [5.74, 6) is 0.849. The van der Waals surface area contributed by atoms with Crippen LogP contribution in [0.15, 0.2) is 6.20 Å². The molecule has 19 heavy (non-hydrogen) atoms. The van der Waals surface area contributed by atoms with Gasteiger partial charge in [0, 0.05) is 37.9 Å². The van der Waals surface area contributed by atoms with Gasteiger partial charge in [-0.3, -0.25) is 9.58 Å². The Bertz CT molecular complexity index is 422. The number of rotatable bonds is 6. The van der Waals surface area contributed by atoms with Crippen molar-refractivity contribution in [2.75, 3.05) is 19.6 Å². The number of likely N-dealkylation sites (tertiary alicyclic amines) is 1. The molecule has 1 unspecified atom stereocenters. The van der Waals surface area contributed by atoms with Crippen molar-refractivity contribution in [3.63, 3.8) is 0 Å². The van der Waals surface area contributed by atoms with Crippen LogP contribution in [0.5, 0.6) is 0 Å². The molecule has 1 saturated carbocycles. The summed E-state index contributed by atoms with van der Waals surface area (Å²) in [7, 11) is 2.02. The predicted molar refractivity (Wildman–Crippen MR) is 77.0 cm³/mol. The molecule has 2 fully saturated rings. The summed E-state index contributed by atoms with van der Waals surface area (Å²) in [6.45, 7) is 6.98. The lowest BCUT2D eigenvalue weighted by Gasteiger charge is -2.16. The van der Waals surface area contributed by atoms with Gasteiger partial charge in [-0.05, 0) is 44.7 Å². The lowest BCUT2D eigenvalue weighted by molar-refractivity contribution is 0.313. The Balaban J connectivity index is 1.49. The number of hydrogen-bond donors (Lipinski definition) is 1. The molecule has 0 amide bonds. The van der Waals surface area contributed by atoms with Crippen LogP contribution in [-0.2, 0) is 20.0 Å². The Kier molecular flexibility index (Phi) is 3.89. The van der Waals surface area contributed by atoms with E-state index in [1.165, 1.54) is 50.2 Å². The lowest BCUT2D eigenvalue weighted by atomic mass is 10.1. The molecule has 0 aromatic carbocycles. The van der Waals surface area contributed by atoms with Crippen LogP contribution in [0, 0.1) is 5.92 Å². The maximum atomic E-state index is 4.54. The molecule has 3 rings (SSSR count). The number of aromatic nitrogens is 2. The average Bonchev–Trinajstić information content (AvgIpc) is 3.02. The molecule has 1 aromatic heterocycles. The van der Waals surface area contributed by atoms with E-state index in [9.17, 15) is 0 Å². The first-order valence-electron chi connectivity index (χ1n) is 7.71. The first-order chi connectivity index (χ1) is 9.24. The van der Waals surface area contributed by atoms with Crippen LogP contribution in [0.4, 0.5) is 0 Å². The van der Waals surface area contributed by atoms with Crippen molar-refractivity contribution < 1.29 is 0 Å². The summed E-state index contributed by atoms with van der Waals surface area (Å²) >= 11 is 0. The van der Waals surface area contributed by atoms with Gasteiger partial charge in [0.2, 0.25) is 0 Å². The van der Waals surface area contributed by atoms with Crippen LogP contribution >= 0.6 is 0 Å². The average molecular weight is 262 g/mol. The van der Waals surface area contributed by atoms with Crippen LogP contribution in [0.2, 0.25) is 0 Å². The molecular weight excluding hydrogens is 236 g/mol. The largest absolute Gasteiger partial charge is 0.314 e. The van der Waals surface area contributed by atoms with Crippen molar-refractivity contribution in [3.05, 3.63) is 17.5 Å². The SMILES string of the molecule is CCc1nn(C)cc1CN1CCC(CNC2CC2)C1. The van der Waals surface area contributed by atoms with Crippen LogP contribution in [0.3, 0.4) is 0 Å². The molecule has 0 radical (unpaired) electrons. The van der Waals surface area contributed by atoms with Gasteiger partial charge < -0.3 is 5.32 Å². The Labute approximate surface area is 116 Å². The van der Waals surface area contributed by atoms with E-state index in [-0.39, 0.29) is 0 Å². The third-order valence-corrected chi connectivity index (χ3v) is 4.36. The quantitative estimate of drug-likeness (QED) is 0.844. The molecule has 1 aromatic rings. The Morgan fingerprint density at radius 2 is 2.21 bits per heavy atom. The molecule has 0 spiro atoms. The molecule has 1 aliphatic carbocycles. The molecule has 4 nitrogen and oxygen atoms in total. The lowest BCUT2D eigenvalue weighted by Crippen LogP contribution is -2.27. The predicted octanol–water partition coefficient (Wildman–Crippen LogP) is 1.56. The fraction of sp³-hybridized carbons (Fsp3) is 0.800. The fourth-order valence-electron chi connectivity index (χ4n) is 3.10. The minimum atomic E-state index is 0.846. The highest BCUT2D eigenvalue weighted by Crippen LogP contribution is 2.22. The van der Waals surface area contributed by atoms with E-state index in [2.05, 4.69) is 28.4 Å². The minimum absolute atomic E-state index is 0.846. The summed E-state index contributed by atoms with van der Waals surface area (Å²) in [6, 6.07) is 0.846. The van der Waals surface area contributed by atoms with Gasteiger partial charge in [0.15, 0.2) is 0 Å². The van der Waals surface area contributed by atoms with Crippen molar-refractivity contribution >= 4 is 0 Å². The van der Waals surface area contributed by atoms with Gasteiger partial charge >= 0.3 is 0 Å². The zero-order valence-corrected chi connectivity index (χ0v) is 12.2. The van der Waals surface area contributed by atoms with Crippen LogP contribution < -0.4 is 5.32 Å². The van der Waals surface area contributed by atoms with E-state index in [4.69, 9.17) is 0 Å². The number of nitrogens with zero attached hydrogens (tertiary/aromatic N) is 3. The highest BCUT2D eigenvalue weighted by atomic mass is 15.3. The molecule has 1 saturated heterocycles. The summed E-state index contributed by atoms with van der Waals surface area (Å²) in [5, 5.41) is 8.20. The highest BCUT2D eigenvalue weighted by molar-refractivity contribution is 5.17. The summed E-state index contributed by atoms with van der Waals surface area (Å²) < 4.78 is 1.95. The third-order valence-electron chi connectivity index (χ3n) is 4.36. The molecule has 4 heteroatoms. The molecule has 1 atom stereocenters. The van der Waals surface area contributed by atoms with Crippen molar-refractivity contribution in [1.29, 1.82) is 0 Å². The molecule has 106 valence electrons.